The molecular weight excluding hydrogens is 254 g/mol. The van der Waals surface area contributed by atoms with Crippen LogP contribution in [-0.2, 0) is 4.74 Å². The predicted octanol–water partition coefficient (Wildman–Crippen LogP) is 2.66. The van der Waals surface area contributed by atoms with Crippen molar-refractivity contribution >= 4 is 29.1 Å². The van der Waals surface area contributed by atoms with Gasteiger partial charge in [0.05, 0.1) is 7.11 Å². The molecule has 0 bridgehead atoms. The van der Waals surface area contributed by atoms with Crippen molar-refractivity contribution in [1.82, 2.24) is 9.97 Å². The lowest BCUT2D eigenvalue weighted by Crippen LogP contribution is -2.08. The Morgan fingerprint density at radius 1 is 1.28 bits per heavy atom. The van der Waals surface area contributed by atoms with E-state index in [2.05, 4.69) is 20.0 Å². The van der Waals surface area contributed by atoms with Crippen LogP contribution in [0.15, 0.2) is 36.5 Å². The monoisotopic (exact) mass is 263 g/mol. The number of esters is 1. The number of anilines is 2. The van der Waals surface area contributed by atoms with Crippen LogP contribution in [0.4, 0.5) is 11.5 Å². The highest BCUT2D eigenvalue weighted by Crippen LogP contribution is 2.17. The summed E-state index contributed by atoms with van der Waals surface area (Å²) in [7, 11) is 1.28. The van der Waals surface area contributed by atoms with Crippen LogP contribution in [0.5, 0.6) is 0 Å². The average Bonchev–Trinajstić information content (AvgIpc) is 2.41. The SMILES string of the molecule is COC(=O)c1nccc(Nc2ccc(Cl)cc2)n1. The van der Waals surface area contributed by atoms with E-state index < -0.39 is 5.97 Å². The smallest absolute Gasteiger partial charge is 0.376 e. The Morgan fingerprint density at radius 2 is 2.00 bits per heavy atom. The Kier molecular flexibility index (Phi) is 3.74. The highest BCUT2D eigenvalue weighted by molar-refractivity contribution is 6.30. The zero-order valence-electron chi connectivity index (χ0n) is 9.55. The van der Waals surface area contributed by atoms with Crippen LogP contribution < -0.4 is 5.32 Å². The molecule has 0 fully saturated rings. The number of benzene rings is 1. The van der Waals surface area contributed by atoms with Crippen molar-refractivity contribution in [2.75, 3.05) is 12.4 Å². The summed E-state index contributed by atoms with van der Waals surface area (Å²) in [6.07, 6.45) is 1.48. The number of methoxy groups -OCH3 is 1. The van der Waals surface area contributed by atoms with Gasteiger partial charge in [-0.3, -0.25) is 0 Å². The zero-order valence-corrected chi connectivity index (χ0v) is 10.3. The van der Waals surface area contributed by atoms with Crippen molar-refractivity contribution in [2.45, 2.75) is 0 Å². The second kappa shape index (κ2) is 5.46. The zero-order chi connectivity index (χ0) is 13.0. The summed E-state index contributed by atoms with van der Waals surface area (Å²) in [4.78, 5) is 19.1. The quantitative estimate of drug-likeness (QED) is 0.863. The normalized spacial score (nSPS) is 9.89. The molecule has 0 aliphatic rings. The second-order valence-electron chi connectivity index (χ2n) is 3.39. The molecule has 0 aliphatic heterocycles. The van der Waals surface area contributed by atoms with Crippen LogP contribution >= 0.6 is 11.6 Å². The molecule has 0 saturated heterocycles. The van der Waals surface area contributed by atoms with Crippen molar-refractivity contribution in [3.05, 3.63) is 47.4 Å². The lowest BCUT2D eigenvalue weighted by atomic mass is 10.3. The van der Waals surface area contributed by atoms with Gasteiger partial charge in [0.1, 0.15) is 5.82 Å². The summed E-state index contributed by atoms with van der Waals surface area (Å²) >= 11 is 5.79. The van der Waals surface area contributed by atoms with Crippen molar-refractivity contribution in [2.24, 2.45) is 0 Å². The van der Waals surface area contributed by atoms with E-state index in [-0.39, 0.29) is 5.82 Å². The molecule has 1 aromatic heterocycles. The van der Waals surface area contributed by atoms with Gasteiger partial charge in [-0.05, 0) is 30.3 Å². The van der Waals surface area contributed by atoms with E-state index in [1.54, 1.807) is 18.2 Å². The van der Waals surface area contributed by atoms with E-state index in [0.717, 1.165) is 5.69 Å². The summed E-state index contributed by atoms with van der Waals surface area (Å²) < 4.78 is 4.55. The van der Waals surface area contributed by atoms with E-state index in [9.17, 15) is 4.79 Å². The van der Waals surface area contributed by atoms with Gasteiger partial charge < -0.3 is 10.1 Å². The molecule has 1 N–H and O–H groups in total. The number of carbonyl (C=O) groups excluding carboxylic acids is 1. The Bertz CT molecular complexity index is 558. The molecule has 0 unspecified atom stereocenters. The van der Waals surface area contributed by atoms with E-state index in [0.29, 0.717) is 10.8 Å². The summed E-state index contributed by atoms with van der Waals surface area (Å²) in [5, 5.41) is 3.68. The third kappa shape index (κ3) is 2.95. The first-order valence-corrected chi connectivity index (χ1v) is 5.51. The number of aromatic nitrogens is 2. The molecule has 0 atom stereocenters. The topological polar surface area (TPSA) is 64.1 Å². The highest BCUT2D eigenvalue weighted by Gasteiger charge is 2.09. The number of carbonyl (C=O) groups is 1. The third-order valence-electron chi connectivity index (χ3n) is 2.14. The maximum atomic E-state index is 11.3. The second-order valence-corrected chi connectivity index (χ2v) is 3.83. The van der Waals surface area contributed by atoms with Crippen molar-refractivity contribution in [3.63, 3.8) is 0 Å². The standard InChI is InChI=1S/C12H10ClN3O2/c1-18-12(17)11-14-7-6-10(16-11)15-9-4-2-8(13)3-5-9/h2-7H,1H3,(H,14,15,16). The van der Waals surface area contributed by atoms with Gasteiger partial charge in [0.15, 0.2) is 0 Å². The molecule has 0 saturated carbocycles. The minimum atomic E-state index is -0.574. The Morgan fingerprint density at radius 3 is 2.67 bits per heavy atom. The molecule has 2 aromatic rings. The molecule has 0 spiro atoms. The first-order valence-electron chi connectivity index (χ1n) is 5.13. The van der Waals surface area contributed by atoms with E-state index >= 15 is 0 Å². The predicted molar refractivity (Wildman–Crippen MR) is 68.1 cm³/mol. The van der Waals surface area contributed by atoms with Crippen LogP contribution in [0.2, 0.25) is 5.02 Å². The van der Waals surface area contributed by atoms with E-state index in [4.69, 9.17) is 11.6 Å². The average molecular weight is 264 g/mol. The number of hydrogen-bond donors (Lipinski definition) is 1. The Labute approximate surface area is 109 Å². The molecule has 1 aromatic carbocycles. The van der Waals surface area contributed by atoms with Crippen molar-refractivity contribution < 1.29 is 9.53 Å². The van der Waals surface area contributed by atoms with Crippen LogP contribution in [0, 0.1) is 0 Å². The summed E-state index contributed by atoms with van der Waals surface area (Å²) in [6, 6.07) is 8.78. The largest absolute Gasteiger partial charge is 0.463 e. The van der Waals surface area contributed by atoms with Gasteiger partial charge in [0.2, 0.25) is 5.82 Å². The van der Waals surface area contributed by atoms with Crippen LogP contribution in [0.25, 0.3) is 0 Å². The first-order chi connectivity index (χ1) is 8.69. The van der Waals surface area contributed by atoms with Crippen LogP contribution in [0.3, 0.4) is 0 Å². The molecule has 0 aliphatic carbocycles. The third-order valence-corrected chi connectivity index (χ3v) is 2.39. The van der Waals surface area contributed by atoms with Crippen molar-refractivity contribution in [1.29, 1.82) is 0 Å². The van der Waals surface area contributed by atoms with Gasteiger partial charge in [0.25, 0.3) is 0 Å². The first kappa shape index (κ1) is 12.3. The van der Waals surface area contributed by atoms with Gasteiger partial charge >= 0.3 is 5.97 Å². The molecule has 0 amide bonds. The van der Waals surface area contributed by atoms with Gasteiger partial charge in [-0.1, -0.05) is 11.6 Å². The Balaban J connectivity index is 2.19. The number of nitrogens with zero attached hydrogens (tertiary/aromatic N) is 2. The van der Waals surface area contributed by atoms with Crippen molar-refractivity contribution in [3.8, 4) is 0 Å². The van der Waals surface area contributed by atoms with Gasteiger partial charge in [-0.15, -0.1) is 0 Å². The number of rotatable bonds is 3. The molecule has 6 heteroatoms. The van der Waals surface area contributed by atoms with Gasteiger partial charge in [-0.25, -0.2) is 14.8 Å². The summed E-state index contributed by atoms with van der Waals surface area (Å²) in [5.41, 5.74) is 0.814. The molecule has 5 nitrogen and oxygen atoms in total. The van der Waals surface area contributed by atoms with E-state index in [1.165, 1.54) is 13.3 Å². The fourth-order valence-electron chi connectivity index (χ4n) is 1.30. The fourth-order valence-corrected chi connectivity index (χ4v) is 1.43. The fraction of sp³-hybridized carbons (Fsp3) is 0.0833. The number of hydrogen-bond acceptors (Lipinski definition) is 5. The number of nitrogens with one attached hydrogen (secondary N) is 1. The molecule has 18 heavy (non-hydrogen) atoms. The Hall–Kier alpha value is -2.14. The minimum Gasteiger partial charge on any atom is -0.463 e. The van der Waals surface area contributed by atoms with E-state index in [1.807, 2.05) is 12.1 Å². The van der Waals surface area contributed by atoms with Crippen LogP contribution in [-0.4, -0.2) is 23.0 Å². The maximum Gasteiger partial charge on any atom is 0.376 e. The summed E-state index contributed by atoms with van der Waals surface area (Å²) in [5.74, 6) is -0.0565. The number of ether oxygens (including phenoxy) is 1. The summed E-state index contributed by atoms with van der Waals surface area (Å²) in [6.45, 7) is 0. The molecule has 2 rings (SSSR count). The molecule has 1 heterocycles. The lowest BCUT2D eigenvalue weighted by Gasteiger charge is -2.06. The maximum absolute atomic E-state index is 11.3. The molecule has 0 radical (unpaired) electrons. The minimum absolute atomic E-state index is 0.0106. The van der Waals surface area contributed by atoms with Gasteiger partial charge in [-0.2, -0.15) is 0 Å². The lowest BCUT2D eigenvalue weighted by molar-refractivity contribution is 0.0587. The van der Waals surface area contributed by atoms with Crippen LogP contribution in [0.1, 0.15) is 10.6 Å². The van der Waals surface area contributed by atoms with Gasteiger partial charge in [0, 0.05) is 16.9 Å². The molecule has 92 valence electrons. The highest BCUT2D eigenvalue weighted by atomic mass is 35.5. The number of halogens is 1. The molecular formula is C12H10ClN3O2.